The van der Waals surface area contributed by atoms with Crippen molar-refractivity contribution in [2.24, 2.45) is 0 Å². The highest BCUT2D eigenvalue weighted by Gasteiger charge is 2.20. The van der Waals surface area contributed by atoms with Crippen molar-refractivity contribution in [2.45, 2.75) is 0 Å². The van der Waals surface area contributed by atoms with Crippen LogP contribution >= 0.6 is 0 Å². The van der Waals surface area contributed by atoms with E-state index in [1.807, 2.05) is 48.5 Å². The van der Waals surface area contributed by atoms with Crippen LogP contribution in [0.4, 0.5) is 0 Å². The Kier molecular flexibility index (Phi) is 8.24. The summed E-state index contributed by atoms with van der Waals surface area (Å²) in [5, 5.41) is 26.5. The Morgan fingerprint density at radius 3 is 0.864 bits per heavy atom. The number of aromatic nitrogens is 4. The van der Waals surface area contributed by atoms with E-state index in [0.717, 1.165) is 67.1 Å². The maximum Gasteiger partial charge on any atom is 0.0991 e. The Bertz CT molecular complexity index is 3770. The lowest BCUT2D eigenvalue weighted by atomic mass is 10.1. The standard InChI is InChI=1S/C60H36N6/c61-37-39-17-21-41(22-18-39)57-33-43-36-60-44(35-59(43)65(57)47-29-25-45(26-30-47)63-53-13-5-1-9-49(53)50-10-2-6-14-54(50)63)34-58(42-23-19-40(38-62)20-24-42)66(60)48-31-27-46(28-32-48)64-55-15-7-3-11-51(55)52-12-4-8-16-56(52)64/h1-36H. The molecule has 0 bridgehead atoms. The van der Waals surface area contributed by atoms with Crippen molar-refractivity contribution in [1.82, 2.24) is 18.3 Å². The number of para-hydroxylation sites is 4. The van der Waals surface area contributed by atoms with Gasteiger partial charge in [-0.15, -0.1) is 0 Å². The summed E-state index contributed by atoms with van der Waals surface area (Å²) in [4.78, 5) is 0. The summed E-state index contributed by atoms with van der Waals surface area (Å²) in [6.45, 7) is 0. The number of nitriles is 2. The largest absolute Gasteiger partial charge is 0.309 e. The predicted molar refractivity (Wildman–Crippen MR) is 269 cm³/mol. The molecular weight excluding hydrogens is 805 g/mol. The average molecular weight is 841 g/mol. The molecule has 6 nitrogen and oxygen atoms in total. The van der Waals surface area contributed by atoms with Crippen molar-refractivity contribution in [3.05, 3.63) is 230 Å². The second-order valence-electron chi connectivity index (χ2n) is 16.9. The molecule has 0 aliphatic heterocycles. The molecule has 66 heavy (non-hydrogen) atoms. The highest BCUT2D eigenvalue weighted by atomic mass is 15.0. The van der Waals surface area contributed by atoms with Gasteiger partial charge in [0.25, 0.3) is 0 Å². The molecule has 4 aromatic heterocycles. The first-order valence-electron chi connectivity index (χ1n) is 22.0. The molecule has 0 unspecified atom stereocenters. The van der Waals surface area contributed by atoms with Crippen LogP contribution in [0.2, 0.25) is 0 Å². The van der Waals surface area contributed by atoms with Gasteiger partial charge in [0.1, 0.15) is 0 Å². The first kappa shape index (κ1) is 37.2. The molecule has 0 saturated carbocycles. The van der Waals surface area contributed by atoms with Crippen LogP contribution in [0.5, 0.6) is 0 Å². The Hall–Kier alpha value is -9.36. The van der Waals surface area contributed by atoms with Gasteiger partial charge in [0.15, 0.2) is 0 Å². The van der Waals surface area contributed by atoms with E-state index in [2.05, 4.69) is 200 Å². The summed E-state index contributed by atoms with van der Waals surface area (Å²) in [6, 6.07) is 81.5. The zero-order valence-corrected chi connectivity index (χ0v) is 35.5. The summed E-state index contributed by atoms with van der Waals surface area (Å²) >= 11 is 0. The summed E-state index contributed by atoms with van der Waals surface area (Å²) in [5.74, 6) is 0. The first-order valence-corrected chi connectivity index (χ1v) is 22.0. The zero-order chi connectivity index (χ0) is 43.9. The molecule has 0 aliphatic rings. The SMILES string of the molecule is N#Cc1ccc(-c2cc3cc4c(cc(-c5ccc(C#N)cc5)n4-c4ccc(-n5c6ccccc6c6ccccc65)cc4)cc3n2-c2ccc(-n3c4ccccc4c4ccccc43)cc2)cc1. The van der Waals surface area contributed by atoms with Crippen molar-refractivity contribution < 1.29 is 0 Å². The van der Waals surface area contributed by atoms with Crippen LogP contribution < -0.4 is 0 Å². The van der Waals surface area contributed by atoms with Gasteiger partial charge in [-0.05, 0) is 132 Å². The molecule has 306 valence electrons. The lowest BCUT2D eigenvalue weighted by Crippen LogP contribution is -1.99. The van der Waals surface area contributed by atoms with Crippen molar-refractivity contribution in [2.75, 3.05) is 0 Å². The number of fused-ring (bicyclic) bond motifs is 8. The highest BCUT2D eigenvalue weighted by Crippen LogP contribution is 2.40. The third-order valence-corrected chi connectivity index (χ3v) is 13.2. The lowest BCUT2D eigenvalue weighted by molar-refractivity contribution is 1.11. The quantitative estimate of drug-likeness (QED) is 0.167. The van der Waals surface area contributed by atoms with E-state index >= 15 is 0 Å². The number of benzene rings is 9. The molecule has 0 fully saturated rings. The van der Waals surface area contributed by atoms with E-state index in [1.165, 1.54) is 43.6 Å². The monoisotopic (exact) mass is 840 g/mol. The molecule has 0 saturated heterocycles. The van der Waals surface area contributed by atoms with Crippen LogP contribution in [0.1, 0.15) is 11.1 Å². The molecule has 0 N–H and O–H groups in total. The van der Waals surface area contributed by atoms with Crippen molar-refractivity contribution in [3.63, 3.8) is 0 Å². The molecule has 4 heterocycles. The summed E-state index contributed by atoms with van der Waals surface area (Å²) in [7, 11) is 0. The predicted octanol–water partition coefficient (Wildman–Crippen LogP) is 14.8. The highest BCUT2D eigenvalue weighted by molar-refractivity contribution is 6.10. The second kappa shape index (κ2) is 14.6. The van der Waals surface area contributed by atoms with Gasteiger partial charge in [0.2, 0.25) is 0 Å². The summed E-state index contributed by atoms with van der Waals surface area (Å²) in [6.07, 6.45) is 0. The van der Waals surface area contributed by atoms with Gasteiger partial charge in [-0.25, -0.2) is 0 Å². The minimum atomic E-state index is 0.621. The minimum Gasteiger partial charge on any atom is -0.309 e. The van der Waals surface area contributed by atoms with Gasteiger partial charge >= 0.3 is 0 Å². The number of nitrogens with zero attached hydrogens (tertiary/aromatic N) is 6. The minimum absolute atomic E-state index is 0.621. The molecule has 6 heteroatoms. The van der Waals surface area contributed by atoms with Crippen molar-refractivity contribution >= 4 is 65.4 Å². The van der Waals surface area contributed by atoms with Gasteiger partial charge in [-0.1, -0.05) is 97.1 Å². The van der Waals surface area contributed by atoms with Crippen LogP contribution in [-0.4, -0.2) is 18.3 Å². The molecule has 0 aliphatic carbocycles. The van der Waals surface area contributed by atoms with Crippen LogP contribution in [0.25, 0.3) is 111 Å². The fourth-order valence-electron chi connectivity index (χ4n) is 10.2. The van der Waals surface area contributed by atoms with E-state index in [4.69, 9.17) is 0 Å². The summed E-state index contributed by atoms with van der Waals surface area (Å²) < 4.78 is 9.36. The third kappa shape index (κ3) is 5.66. The second-order valence-corrected chi connectivity index (χ2v) is 16.9. The van der Waals surface area contributed by atoms with Gasteiger partial charge in [-0.2, -0.15) is 10.5 Å². The van der Waals surface area contributed by atoms with E-state index in [0.29, 0.717) is 11.1 Å². The Morgan fingerprint density at radius 2 is 0.561 bits per heavy atom. The van der Waals surface area contributed by atoms with E-state index in [-0.39, 0.29) is 0 Å². The fourth-order valence-corrected chi connectivity index (χ4v) is 10.2. The van der Waals surface area contributed by atoms with Crippen LogP contribution in [0, 0.1) is 22.7 Å². The molecule has 0 amide bonds. The van der Waals surface area contributed by atoms with Gasteiger partial charge in [0, 0.05) is 55.1 Å². The normalized spacial score (nSPS) is 11.6. The van der Waals surface area contributed by atoms with E-state index in [1.54, 1.807) is 0 Å². The van der Waals surface area contributed by atoms with Crippen LogP contribution in [0.15, 0.2) is 218 Å². The maximum absolute atomic E-state index is 9.69. The van der Waals surface area contributed by atoms with Gasteiger partial charge in [0.05, 0.1) is 67.8 Å². The Balaban J connectivity index is 1.00. The number of hydrogen-bond donors (Lipinski definition) is 0. The smallest absolute Gasteiger partial charge is 0.0991 e. The number of hydrogen-bond acceptors (Lipinski definition) is 2. The topological polar surface area (TPSA) is 67.3 Å². The molecule has 13 rings (SSSR count). The lowest BCUT2D eigenvalue weighted by Gasteiger charge is -2.15. The van der Waals surface area contributed by atoms with Crippen LogP contribution in [0.3, 0.4) is 0 Å². The zero-order valence-electron chi connectivity index (χ0n) is 35.5. The Morgan fingerprint density at radius 1 is 0.273 bits per heavy atom. The molecule has 9 aromatic carbocycles. The molecular formula is C60H36N6. The first-order chi connectivity index (χ1) is 32.6. The fraction of sp³-hybridized carbons (Fsp3) is 0. The molecule has 0 spiro atoms. The van der Waals surface area contributed by atoms with E-state index < -0.39 is 0 Å². The third-order valence-electron chi connectivity index (χ3n) is 13.2. The Labute approximate surface area is 379 Å². The molecule has 13 aromatic rings. The van der Waals surface area contributed by atoms with Crippen molar-refractivity contribution in [1.29, 1.82) is 10.5 Å². The van der Waals surface area contributed by atoms with E-state index in [9.17, 15) is 10.5 Å². The van der Waals surface area contributed by atoms with Gasteiger partial charge < -0.3 is 18.3 Å². The van der Waals surface area contributed by atoms with Crippen molar-refractivity contribution in [3.8, 4) is 57.4 Å². The molecule has 0 atom stereocenters. The maximum atomic E-state index is 9.69. The molecule has 0 radical (unpaired) electrons. The average Bonchev–Trinajstić information content (AvgIpc) is 4.14. The van der Waals surface area contributed by atoms with Crippen LogP contribution in [-0.2, 0) is 0 Å². The van der Waals surface area contributed by atoms with Gasteiger partial charge in [-0.3, -0.25) is 0 Å². The summed E-state index contributed by atoms with van der Waals surface area (Å²) in [5.41, 5.74) is 16.4. The number of rotatable bonds is 6.